The molecule has 1 fully saturated rings. The van der Waals surface area contributed by atoms with E-state index in [4.69, 9.17) is 24.1 Å². The molecular weight excluding hydrogens is 775 g/mol. The molecule has 0 aromatic rings. The third-order valence-corrected chi connectivity index (χ3v) is 12.9. The molecule has 1 heterocycles. The third-order valence-electron chi connectivity index (χ3n) is 12.9. The lowest BCUT2D eigenvalue weighted by Crippen LogP contribution is -2.37. The molecule has 0 spiro atoms. The summed E-state index contributed by atoms with van der Waals surface area (Å²) in [5.41, 5.74) is 0. The van der Waals surface area contributed by atoms with Gasteiger partial charge in [-0.3, -0.25) is 19.3 Å². The van der Waals surface area contributed by atoms with E-state index in [0.29, 0.717) is 19.7 Å². The summed E-state index contributed by atoms with van der Waals surface area (Å²) in [5.74, 6) is 1.94. The topological polar surface area (TPSA) is 102 Å². The Labute approximate surface area is 385 Å². The number of rotatable bonds is 44. The second-order valence-corrected chi connectivity index (χ2v) is 18.6. The van der Waals surface area contributed by atoms with Crippen molar-refractivity contribution < 1.29 is 33.7 Å². The van der Waals surface area contributed by atoms with Crippen molar-refractivity contribution in [3.8, 4) is 0 Å². The minimum absolute atomic E-state index is 0.0793. The number of carbonyl (C=O) groups excluding carboxylic acids is 2. The average molecular weight is 882 g/mol. The van der Waals surface area contributed by atoms with Gasteiger partial charge in [0, 0.05) is 19.6 Å². The average Bonchev–Trinajstić information content (AvgIpc) is 3.28. The van der Waals surface area contributed by atoms with Crippen molar-refractivity contribution in [3.63, 3.8) is 0 Å². The fourth-order valence-corrected chi connectivity index (χ4v) is 8.90. The zero-order valence-electron chi connectivity index (χ0n) is 42.1. The molecule has 0 aromatic heterocycles. The van der Waals surface area contributed by atoms with E-state index in [9.17, 15) is 9.59 Å². The molecule has 62 heavy (non-hydrogen) atoms. The molecule has 0 saturated carbocycles. The van der Waals surface area contributed by atoms with Crippen LogP contribution in [0.1, 0.15) is 266 Å². The van der Waals surface area contributed by atoms with Crippen molar-refractivity contribution >= 4 is 18.9 Å². The molecule has 0 bridgehead atoms. The van der Waals surface area contributed by atoms with Gasteiger partial charge < -0.3 is 19.3 Å². The standard InChI is InChI=1S/C39H77NO3.C14H28O2.CH2O2/c1-4-7-10-11-14-18-23-29-38(39(41)43-34-25-31-40-32-35-42-36-33-40)30-24-19-16-13-12-15-17-22-28-37(26-20-8-5-2)27-21-9-6-3;1-3-5-7-9-14(10-8-6-4-2)11-12-16-13-15;2-1-3/h37-38H,4-36H2,1-3H3;13-14H,3-12H2,1-2H3;1H,(H,2,3). The molecule has 0 aliphatic carbocycles. The highest BCUT2D eigenvalue weighted by atomic mass is 16.5. The maximum absolute atomic E-state index is 13.0. The van der Waals surface area contributed by atoms with E-state index >= 15 is 0 Å². The van der Waals surface area contributed by atoms with Crippen LogP contribution in [0.3, 0.4) is 0 Å². The quantitative estimate of drug-likeness (QED) is 0.0367. The van der Waals surface area contributed by atoms with Crippen molar-refractivity contribution in [2.45, 2.75) is 266 Å². The summed E-state index contributed by atoms with van der Waals surface area (Å²) < 4.78 is 16.1. The van der Waals surface area contributed by atoms with Gasteiger partial charge in [-0.15, -0.1) is 0 Å². The van der Waals surface area contributed by atoms with E-state index in [1.165, 1.54) is 205 Å². The highest BCUT2D eigenvalue weighted by molar-refractivity contribution is 5.72. The van der Waals surface area contributed by atoms with Gasteiger partial charge in [0.15, 0.2) is 0 Å². The first-order chi connectivity index (χ1) is 30.5. The minimum atomic E-state index is -0.250. The molecule has 1 aliphatic heterocycles. The first-order valence-electron chi connectivity index (χ1n) is 27.1. The molecule has 370 valence electrons. The highest BCUT2D eigenvalue weighted by Gasteiger charge is 2.20. The van der Waals surface area contributed by atoms with Crippen LogP contribution in [0.15, 0.2) is 0 Å². The number of morpholine rings is 1. The number of esters is 1. The summed E-state index contributed by atoms with van der Waals surface area (Å²) in [6, 6.07) is 0. The maximum Gasteiger partial charge on any atom is 0.308 e. The molecule has 1 unspecified atom stereocenters. The van der Waals surface area contributed by atoms with E-state index in [0.717, 1.165) is 70.4 Å². The van der Waals surface area contributed by atoms with Crippen LogP contribution in [-0.4, -0.2) is 75.0 Å². The van der Waals surface area contributed by atoms with Crippen molar-refractivity contribution in [1.82, 2.24) is 4.90 Å². The lowest BCUT2D eigenvalue weighted by molar-refractivity contribution is -0.149. The lowest BCUT2D eigenvalue weighted by Gasteiger charge is -2.26. The van der Waals surface area contributed by atoms with E-state index in [2.05, 4.69) is 39.5 Å². The smallest absolute Gasteiger partial charge is 0.308 e. The van der Waals surface area contributed by atoms with Crippen LogP contribution in [0.25, 0.3) is 0 Å². The summed E-state index contributed by atoms with van der Waals surface area (Å²) in [5, 5.41) is 6.89. The van der Waals surface area contributed by atoms with Crippen LogP contribution in [0.4, 0.5) is 0 Å². The van der Waals surface area contributed by atoms with E-state index in [-0.39, 0.29) is 18.4 Å². The summed E-state index contributed by atoms with van der Waals surface area (Å²) in [4.78, 5) is 33.9. The van der Waals surface area contributed by atoms with Crippen LogP contribution < -0.4 is 0 Å². The highest BCUT2D eigenvalue weighted by Crippen LogP contribution is 2.25. The summed E-state index contributed by atoms with van der Waals surface area (Å²) in [7, 11) is 0. The monoisotopic (exact) mass is 882 g/mol. The normalized spacial score (nSPS) is 13.3. The summed E-state index contributed by atoms with van der Waals surface area (Å²) >= 11 is 0. The first-order valence-corrected chi connectivity index (χ1v) is 27.1. The number of unbranched alkanes of at least 4 members (excludes halogenated alkanes) is 21. The van der Waals surface area contributed by atoms with Crippen LogP contribution >= 0.6 is 0 Å². The Balaban J connectivity index is 0. The van der Waals surface area contributed by atoms with Crippen LogP contribution in [-0.2, 0) is 28.6 Å². The van der Waals surface area contributed by atoms with Gasteiger partial charge in [-0.1, -0.05) is 240 Å². The Hall–Kier alpha value is -1.67. The number of nitrogens with zero attached hydrogens (tertiary/aromatic N) is 1. The van der Waals surface area contributed by atoms with Crippen molar-refractivity contribution in [2.24, 2.45) is 17.8 Å². The molecule has 1 aliphatic rings. The van der Waals surface area contributed by atoms with E-state index in [1.807, 2.05) is 0 Å². The Bertz CT molecular complexity index is 863. The van der Waals surface area contributed by atoms with Gasteiger partial charge in [0.1, 0.15) is 0 Å². The zero-order chi connectivity index (χ0) is 45.8. The predicted molar refractivity (Wildman–Crippen MR) is 264 cm³/mol. The van der Waals surface area contributed by atoms with Crippen LogP contribution in [0, 0.1) is 17.8 Å². The molecule has 8 heteroatoms. The van der Waals surface area contributed by atoms with Crippen LogP contribution in [0.2, 0.25) is 0 Å². The van der Waals surface area contributed by atoms with Crippen LogP contribution in [0.5, 0.6) is 0 Å². The van der Waals surface area contributed by atoms with Gasteiger partial charge in [0.25, 0.3) is 12.9 Å². The van der Waals surface area contributed by atoms with Gasteiger partial charge in [0.2, 0.25) is 0 Å². The van der Waals surface area contributed by atoms with Crippen molar-refractivity contribution in [1.29, 1.82) is 0 Å². The number of hydrogen-bond donors (Lipinski definition) is 1. The Morgan fingerprint density at radius 3 is 1.24 bits per heavy atom. The number of carboxylic acid groups (broad SMARTS) is 1. The Morgan fingerprint density at radius 1 is 0.500 bits per heavy atom. The first kappa shape index (κ1) is 62.4. The van der Waals surface area contributed by atoms with E-state index < -0.39 is 0 Å². The largest absolute Gasteiger partial charge is 0.483 e. The summed E-state index contributed by atoms with van der Waals surface area (Å²) in [6.45, 7) is 17.6. The number of hydrogen-bond acceptors (Lipinski definition) is 7. The van der Waals surface area contributed by atoms with Gasteiger partial charge in [-0.25, -0.2) is 0 Å². The molecule has 1 rings (SSSR count). The molecular formula is C54H107NO7. The molecule has 0 radical (unpaired) electrons. The summed E-state index contributed by atoms with van der Waals surface area (Å²) in [6.07, 6.45) is 47.3. The minimum Gasteiger partial charge on any atom is -0.483 e. The van der Waals surface area contributed by atoms with Gasteiger partial charge in [-0.2, -0.15) is 0 Å². The molecule has 1 atom stereocenters. The Morgan fingerprint density at radius 2 is 0.839 bits per heavy atom. The second kappa shape index (κ2) is 53.7. The van der Waals surface area contributed by atoms with Crippen molar-refractivity contribution in [3.05, 3.63) is 0 Å². The van der Waals surface area contributed by atoms with Gasteiger partial charge >= 0.3 is 5.97 Å². The predicted octanol–water partition coefficient (Wildman–Crippen LogP) is 15.7. The lowest BCUT2D eigenvalue weighted by atomic mass is 9.90. The van der Waals surface area contributed by atoms with Crippen molar-refractivity contribution in [2.75, 3.05) is 46.1 Å². The molecule has 0 aromatic carbocycles. The maximum atomic E-state index is 13.0. The SMILES string of the molecule is CCCCCC(CCCCC)CCOC=O.CCCCCCCCCC(CCCCCCCCCCC(CCCCC)CCCCC)C(=O)OCCCN1CCOCC1.O=CO. The second-order valence-electron chi connectivity index (χ2n) is 18.6. The number of carbonyl (C=O) groups is 3. The fourth-order valence-electron chi connectivity index (χ4n) is 8.90. The van der Waals surface area contributed by atoms with Gasteiger partial charge in [-0.05, 0) is 37.5 Å². The third kappa shape index (κ3) is 46.3. The molecule has 1 N–H and O–H groups in total. The van der Waals surface area contributed by atoms with Gasteiger partial charge in [0.05, 0.1) is 32.3 Å². The molecule has 0 amide bonds. The Kier molecular flexibility index (Phi) is 54.0. The molecule has 8 nitrogen and oxygen atoms in total. The fraction of sp³-hybridized carbons (Fsp3) is 0.944. The zero-order valence-corrected chi connectivity index (χ0v) is 42.1. The molecule has 1 saturated heterocycles. The number of ether oxygens (including phenoxy) is 3. The van der Waals surface area contributed by atoms with E-state index in [1.54, 1.807) is 0 Å².